The minimum atomic E-state index is 0.583. The summed E-state index contributed by atoms with van der Waals surface area (Å²) in [6.07, 6.45) is 8.07. The first-order valence-corrected chi connectivity index (χ1v) is 7.23. The Hall–Kier alpha value is -1.97. The van der Waals surface area contributed by atoms with Gasteiger partial charge in [-0.1, -0.05) is 12.1 Å². The fourth-order valence-corrected chi connectivity index (χ4v) is 3.59. The number of hydrogen-bond donors (Lipinski definition) is 1. The predicted octanol–water partition coefficient (Wildman–Crippen LogP) is 3.11. The molecule has 0 bridgehead atoms. The molecule has 3 atom stereocenters. The van der Waals surface area contributed by atoms with E-state index in [1.54, 1.807) is 7.11 Å². The number of nitrogens with two attached hydrogens (primary N) is 1. The molecule has 0 aliphatic heterocycles. The van der Waals surface area contributed by atoms with Crippen LogP contribution in [0.15, 0.2) is 30.6 Å². The molecule has 2 unspecified atom stereocenters. The van der Waals surface area contributed by atoms with E-state index in [9.17, 15) is 0 Å². The van der Waals surface area contributed by atoms with Gasteiger partial charge in [-0.15, -0.1) is 0 Å². The molecule has 4 rings (SSSR count). The van der Waals surface area contributed by atoms with Crippen LogP contribution in [0, 0.1) is 11.8 Å². The van der Waals surface area contributed by atoms with Crippen LogP contribution in [0.1, 0.15) is 25.3 Å². The highest BCUT2D eigenvalue weighted by Gasteiger charge is 2.46. The summed E-state index contributed by atoms with van der Waals surface area (Å²) in [5, 5.41) is 4.55. The molecule has 4 heteroatoms. The number of ether oxygens (including phenoxy) is 1. The number of methoxy groups -OCH3 is 1. The Morgan fingerprint density at radius 1 is 1.25 bits per heavy atom. The van der Waals surface area contributed by atoms with Crippen molar-refractivity contribution < 1.29 is 4.74 Å². The monoisotopic (exact) mass is 269 g/mol. The molecular weight excluding hydrogens is 250 g/mol. The molecule has 1 aromatic heterocycles. The Kier molecular flexibility index (Phi) is 2.52. The van der Waals surface area contributed by atoms with Crippen molar-refractivity contribution in [1.29, 1.82) is 0 Å². The van der Waals surface area contributed by atoms with E-state index in [0.717, 1.165) is 28.7 Å². The summed E-state index contributed by atoms with van der Waals surface area (Å²) in [6.45, 7) is 0. The third-order valence-electron chi connectivity index (χ3n) is 4.75. The van der Waals surface area contributed by atoms with Crippen molar-refractivity contribution in [2.75, 3.05) is 12.8 Å². The second-order valence-corrected chi connectivity index (χ2v) is 6.02. The Morgan fingerprint density at radius 3 is 2.80 bits per heavy atom. The van der Waals surface area contributed by atoms with Crippen molar-refractivity contribution in [3.63, 3.8) is 0 Å². The second kappa shape index (κ2) is 4.27. The van der Waals surface area contributed by atoms with Crippen LogP contribution in [0.3, 0.4) is 0 Å². The van der Waals surface area contributed by atoms with E-state index in [1.807, 2.05) is 24.4 Å². The quantitative estimate of drug-likeness (QED) is 0.871. The van der Waals surface area contributed by atoms with Crippen LogP contribution in [0.5, 0.6) is 5.75 Å². The first-order chi connectivity index (χ1) is 9.76. The maximum Gasteiger partial charge on any atom is 0.149 e. The third-order valence-corrected chi connectivity index (χ3v) is 4.75. The Bertz CT molecular complexity index is 639. The zero-order valence-electron chi connectivity index (χ0n) is 11.6. The highest BCUT2D eigenvalue weighted by atomic mass is 16.5. The summed E-state index contributed by atoms with van der Waals surface area (Å²) in [5.74, 6) is 2.67. The summed E-state index contributed by atoms with van der Waals surface area (Å²) in [5.41, 5.74) is 8.73. The van der Waals surface area contributed by atoms with Crippen molar-refractivity contribution in [3.05, 3.63) is 30.6 Å². The van der Waals surface area contributed by atoms with Gasteiger partial charge in [-0.05, 0) is 37.2 Å². The number of fused-ring (bicyclic) bond motifs is 1. The second-order valence-electron chi connectivity index (χ2n) is 6.02. The topological polar surface area (TPSA) is 53.1 Å². The third kappa shape index (κ3) is 1.79. The van der Waals surface area contributed by atoms with Crippen LogP contribution < -0.4 is 10.5 Å². The Morgan fingerprint density at radius 2 is 2.05 bits per heavy atom. The molecule has 4 nitrogen and oxygen atoms in total. The lowest BCUT2D eigenvalue weighted by Crippen LogP contribution is -2.06. The van der Waals surface area contributed by atoms with Gasteiger partial charge in [0.2, 0.25) is 0 Å². The summed E-state index contributed by atoms with van der Waals surface area (Å²) >= 11 is 0. The molecular formula is C16H19N3O. The number of nitrogens with zero attached hydrogens (tertiary/aromatic N) is 2. The number of anilines is 1. The summed E-state index contributed by atoms with van der Waals surface area (Å²) in [6, 6.07) is 6.43. The average molecular weight is 269 g/mol. The van der Waals surface area contributed by atoms with E-state index >= 15 is 0 Å². The lowest BCUT2D eigenvalue weighted by molar-refractivity contribution is 0.418. The number of aromatic nitrogens is 2. The van der Waals surface area contributed by atoms with Gasteiger partial charge < -0.3 is 10.5 Å². The van der Waals surface area contributed by atoms with Gasteiger partial charge >= 0.3 is 0 Å². The van der Waals surface area contributed by atoms with Crippen LogP contribution in [0.2, 0.25) is 0 Å². The fraction of sp³-hybridized carbons (Fsp3) is 0.438. The zero-order valence-corrected chi connectivity index (χ0v) is 11.6. The number of para-hydroxylation sites is 1. The molecule has 104 valence electrons. The minimum Gasteiger partial charge on any atom is -0.494 e. The van der Waals surface area contributed by atoms with Gasteiger partial charge in [-0.25, -0.2) is 0 Å². The smallest absolute Gasteiger partial charge is 0.149 e. The summed E-state index contributed by atoms with van der Waals surface area (Å²) in [7, 11) is 1.66. The molecule has 2 fully saturated rings. The van der Waals surface area contributed by atoms with Gasteiger partial charge in [0, 0.05) is 17.3 Å². The van der Waals surface area contributed by atoms with Gasteiger partial charge in [0.15, 0.2) is 0 Å². The molecule has 0 amide bonds. The molecule has 2 saturated carbocycles. The lowest BCUT2D eigenvalue weighted by Gasteiger charge is -2.12. The maximum absolute atomic E-state index is 5.97. The normalized spacial score (nSPS) is 27.4. The lowest BCUT2D eigenvalue weighted by atomic mass is 10.1. The molecule has 1 heterocycles. The molecule has 0 saturated heterocycles. The molecule has 0 radical (unpaired) electrons. The SMILES string of the molecule is COc1c(N)cccc1-c1cnn(C2CC3C[C@@H]3C2)c1. The van der Waals surface area contributed by atoms with Crippen molar-refractivity contribution in [3.8, 4) is 16.9 Å². The molecule has 1 aromatic carbocycles. The van der Waals surface area contributed by atoms with Gasteiger partial charge in [0.25, 0.3) is 0 Å². The van der Waals surface area contributed by atoms with E-state index in [1.165, 1.54) is 19.3 Å². The van der Waals surface area contributed by atoms with E-state index in [-0.39, 0.29) is 0 Å². The average Bonchev–Trinajstić information content (AvgIpc) is 2.91. The van der Waals surface area contributed by atoms with E-state index < -0.39 is 0 Å². The van der Waals surface area contributed by atoms with E-state index in [4.69, 9.17) is 10.5 Å². The van der Waals surface area contributed by atoms with Crippen molar-refractivity contribution in [1.82, 2.24) is 9.78 Å². The van der Waals surface area contributed by atoms with Crippen LogP contribution in [-0.4, -0.2) is 16.9 Å². The highest BCUT2D eigenvalue weighted by molar-refractivity contribution is 5.76. The van der Waals surface area contributed by atoms with Crippen LogP contribution >= 0.6 is 0 Å². The predicted molar refractivity (Wildman–Crippen MR) is 78.5 cm³/mol. The first kappa shape index (κ1) is 11.8. The molecule has 2 aliphatic rings. The van der Waals surface area contributed by atoms with Gasteiger partial charge in [-0.3, -0.25) is 4.68 Å². The first-order valence-electron chi connectivity index (χ1n) is 7.23. The maximum atomic E-state index is 5.97. The minimum absolute atomic E-state index is 0.583. The van der Waals surface area contributed by atoms with Gasteiger partial charge in [0.1, 0.15) is 5.75 Å². The van der Waals surface area contributed by atoms with Crippen LogP contribution in [0.25, 0.3) is 11.1 Å². The van der Waals surface area contributed by atoms with E-state index in [0.29, 0.717) is 11.7 Å². The number of hydrogen-bond acceptors (Lipinski definition) is 3. The van der Waals surface area contributed by atoms with Gasteiger partial charge in [0.05, 0.1) is 25.0 Å². The van der Waals surface area contributed by atoms with Crippen LogP contribution in [-0.2, 0) is 0 Å². The summed E-state index contributed by atoms with van der Waals surface area (Å²) in [4.78, 5) is 0. The van der Waals surface area contributed by atoms with Crippen molar-refractivity contribution in [2.45, 2.75) is 25.3 Å². The van der Waals surface area contributed by atoms with E-state index in [2.05, 4.69) is 16.0 Å². The largest absolute Gasteiger partial charge is 0.494 e. The zero-order chi connectivity index (χ0) is 13.7. The molecule has 0 spiro atoms. The standard InChI is InChI=1S/C16H19N3O/c1-20-16-14(3-2-4-15(16)17)12-8-18-19(9-12)13-6-10-5-11(10)7-13/h2-4,8-11,13H,5-7,17H2,1H3/t10-,11?,13?/m1/s1. The molecule has 2 aromatic rings. The molecule has 2 aliphatic carbocycles. The Labute approximate surface area is 118 Å². The molecule has 20 heavy (non-hydrogen) atoms. The van der Waals surface area contributed by atoms with Crippen molar-refractivity contribution >= 4 is 5.69 Å². The fourth-order valence-electron chi connectivity index (χ4n) is 3.59. The Balaban J connectivity index is 1.66. The van der Waals surface area contributed by atoms with Gasteiger partial charge in [-0.2, -0.15) is 5.10 Å². The van der Waals surface area contributed by atoms with Crippen LogP contribution in [0.4, 0.5) is 5.69 Å². The van der Waals surface area contributed by atoms with Crippen molar-refractivity contribution in [2.24, 2.45) is 11.8 Å². The number of rotatable bonds is 3. The molecule has 2 N–H and O–H groups in total. The number of nitrogen functional groups attached to an aromatic ring is 1. The highest BCUT2D eigenvalue weighted by Crippen LogP contribution is 2.55. The number of benzene rings is 1. The summed E-state index contributed by atoms with van der Waals surface area (Å²) < 4.78 is 7.56.